The minimum atomic E-state index is -0.626. The third kappa shape index (κ3) is 3.29. The van der Waals surface area contributed by atoms with Crippen molar-refractivity contribution in [1.82, 2.24) is 4.90 Å². The Kier molecular flexibility index (Phi) is 4.59. The molecule has 0 bridgehead atoms. The van der Waals surface area contributed by atoms with Gasteiger partial charge in [0.2, 0.25) is 0 Å². The third-order valence-corrected chi connectivity index (χ3v) is 3.94. The van der Waals surface area contributed by atoms with Crippen LogP contribution in [0.15, 0.2) is 42.5 Å². The van der Waals surface area contributed by atoms with Crippen molar-refractivity contribution in [2.75, 3.05) is 36.4 Å². The van der Waals surface area contributed by atoms with Gasteiger partial charge >= 0.3 is 6.03 Å². The van der Waals surface area contributed by atoms with Crippen molar-refractivity contribution in [3.63, 3.8) is 0 Å². The van der Waals surface area contributed by atoms with Gasteiger partial charge in [0.25, 0.3) is 0 Å². The largest absolute Gasteiger partial charge is 0.363 e. The molecule has 126 valence electrons. The van der Waals surface area contributed by atoms with Crippen LogP contribution in [-0.4, -0.2) is 37.1 Å². The van der Waals surface area contributed by atoms with Gasteiger partial charge in [0, 0.05) is 26.2 Å². The summed E-state index contributed by atoms with van der Waals surface area (Å²) in [6, 6.07) is 9.17. The number of carbonyl (C=O) groups is 1. The van der Waals surface area contributed by atoms with Crippen molar-refractivity contribution in [2.45, 2.75) is 0 Å². The number of anilines is 2. The van der Waals surface area contributed by atoms with E-state index in [9.17, 15) is 18.0 Å². The molecule has 0 radical (unpaired) electrons. The van der Waals surface area contributed by atoms with E-state index in [0.717, 1.165) is 0 Å². The van der Waals surface area contributed by atoms with E-state index in [1.165, 1.54) is 41.3 Å². The monoisotopic (exact) mass is 335 g/mol. The van der Waals surface area contributed by atoms with Gasteiger partial charge in [-0.25, -0.2) is 18.0 Å². The van der Waals surface area contributed by atoms with Crippen LogP contribution >= 0.6 is 0 Å². The van der Waals surface area contributed by atoms with E-state index in [-0.39, 0.29) is 24.5 Å². The molecule has 0 unspecified atom stereocenters. The molecule has 1 fully saturated rings. The van der Waals surface area contributed by atoms with Crippen LogP contribution < -0.4 is 10.2 Å². The van der Waals surface area contributed by atoms with E-state index in [1.54, 1.807) is 11.0 Å². The van der Waals surface area contributed by atoms with Gasteiger partial charge in [0.1, 0.15) is 23.1 Å². The summed E-state index contributed by atoms with van der Waals surface area (Å²) in [6.07, 6.45) is 0. The summed E-state index contributed by atoms with van der Waals surface area (Å²) in [5, 5.41) is 2.50. The highest BCUT2D eigenvalue weighted by atomic mass is 19.1. The van der Waals surface area contributed by atoms with E-state index in [0.29, 0.717) is 13.1 Å². The molecular formula is C17H16F3N3O. The SMILES string of the molecule is O=C(Nc1ccccc1F)N1CCN(c2c(F)cccc2F)CC1. The number of halogens is 3. The number of benzene rings is 2. The number of rotatable bonds is 2. The highest BCUT2D eigenvalue weighted by Crippen LogP contribution is 2.24. The first-order chi connectivity index (χ1) is 11.6. The van der Waals surface area contributed by atoms with Crippen molar-refractivity contribution in [2.24, 2.45) is 0 Å². The first-order valence-corrected chi connectivity index (χ1v) is 7.55. The van der Waals surface area contributed by atoms with Gasteiger partial charge < -0.3 is 15.1 Å². The van der Waals surface area contributed by atoms with Gasteiger partial charge in [-0.1, -0.05) is 18.2 Å². The Morgan fingerprint density at radius 3 is 2.04 bits per heavy atom. The van der Waals surface area contributed by atoms with Crippen LogP contribution in [0.2, 0.25) is 0 Å². The second-order valence-corrected chi connectivity index (χ2v) is 5.45. The molecule has 24 heavy (non-hydrogen) atoms. The van der Waals surface area contributed by atoms with Crippen LogP contribution in [0.3, 0.4) is 0 Å². The zero-order valence-electron chi connectivity index (χ0n) is 12.8. The molecule has 0 atom stereocenters. The molecule has 2 amide bonds. The first-order valence-electron chi connectivity index (χ1n) is 7.55. The molecule has 3 rings (SSSR count). The number of nitrogens with one attached hydrogen (secondary N) is 1. The molecule has 1 N–H and O–H groups in total. The maximum atomic E-state index is 13.8. The van der Waals surface area contributed by atoms with E-state index in [2.05, 4.69) is 5.32 Å². The molecule has 0 saturated carbocycles. The lowest BCUT2D eigenvalue weighted by molar-refractivity contribution is 0.208. The van der Waals surface area contributed by atoms with Gasteiger partial charge in [-0.05, 0) is 24.3 Å². The first kappa shape index (κ1) is 16.2. The number of hydrogen-bond acceptors (Lipinski definition) is 2. The normalized spacial score (nSPS) is 14.6. The van der Waals surface area contributed by atoms with Crippen LogP contribution in [0.4, 0.5) is 29.3 Å². The van der Waals surface area contributed by atoms with Gasteiger partial charge in [-0.3, -0.25) is 0 Å². The van der Waals surface area contributed by atoms with E-state index in [1.807, 2.05) is 0 Å². The van der Waals surface area contributed by atoms with E-state index < -0.39 is 23.5 Å². The summed E-state index contributed by atoms with van der Waals surface area (Å²) in [5.74, 6) is -1.77. The van der Waals surface area contributed by atoms with Crippen LogP contribution in [0.25, 0.3) is 0 Å². The summed E-state index contributed by atoms with van der Waals surface area (Å²) < 4.78 is 41.2. The smallest absolute Gasteiger partial charge is 0.322 e. The summed E-state index contributed by atoms with van der Waals surface area (Å²) in [5.41, 5.74) is 0.0248. The molecule has 1 aliphatic heterocycles. The predicted octanol–water partition coefficient (Wildman–Crippen LogP) is 3.46. The quantitative estimate of drug-likeness (QED) is 0.912. The Hall–Kier alpha value is -2.70. The second kappa shape index (κ2) is 6.82. The highest BCUT2D eigenvalue weighted by molar-refractivity contribution is 5.89. The molecular weight excluding hydrogens is 319 g/mol. The van der Waals surface area contributed by atoms with Crippen molar-refractivity contribution in [1.29, 1.82) is 0 Å². The van der Waals surface area contributed by atoms with Crippen LogP contribution in [-0.2, 0) is 0 Å². The lowest BCUT2D eigenvalue weighted by Gasteiger charge is -2.36. The summed E-state index contributed by atoms with van der Waals surface area (Å²) in [7, 11) is 0. The van der Waals surface area contributed by atoms with Crippen molar-refractivity contribution < 1.29 is 18.0 Å². The predicted molar refractivity (Wildman–Crippen MR) is 85.6 cm³/mol. The van der Waals surface area contributed by atoms with Crippen LogP contribution in [0.5, 0.6) is 0 Å². The zero-order valence-corrected chi connectivity index (χ0v) is 12.8. The maximum Gasteiger partial charge on any atom is 0.322 e. The Balaban J connectivity index is 1.63. The average Bonchev–Trinajstić information content (AvgIpc) is 2.57. The zero-order chi connectivity index (χ0) is 17.1. The Morgan fingerprint density at radius 2 is 1.42 bits per heavy atom. The number of urea groups is 1. The molecule has 7 heteroatoms. The molecule has 1 aliphatic rings. The Labute approximate surface area is 137 Å². The molecule has 2 aromatic carbocycles. The number of amides is 2. The fourth-order valence-electron chi connectivity index (χ4n) is 2.68. The summed E-state index contributed by atoms with van der Waals surface area (Å²) in [4.78, 5) is 15.2. The number of nitrogens with zero attached hydrogens (tertiary/aromatic N) is 2. The standard InChI is InChI=1S/C17H16F3N3O/c18-12-4-1-2-7-15(12)21-17(24)23-10-8-22(9-11-23)16-13(19)5-3-6-14(16)20/h1-7H,8-11H2,(H,21,24). The molecule has 0 aliphatic carbocycles. The van der Waals surface area contributed by atoms with Crippen molar-refractivity contribution >= 4 is 17.4 Å². The van der Waals surface area contributed by atoms with Crippen molar-refractivity contribution in [3.8, 4) is 0 Å². The summed E-state index contributed by atoms with van der Waals surface area (Å²) in [6.45, 7) is 1.16. The molecule has 1 heterocycles. The fourth-order valence-corrected chi connectivity index (χ4v) is 2.68. The fraction of sp³-hybridized carbons (Fsp3) is 0.235. The lowest BCUT2D eigenvalue weighted by atomic mass is 10.2. The van der Waals surface area contributed by atoms with Gasteiger partial charge in [-0.15, -0.1) is 0 Å². The topological polar surface area (TPSA) is 35.6 Å². The molecule has 1 saturated heterocycles. The highest BCUT2D eigenvalue weighted by Gasteiger charge is 2.25. The van der Waals surface area contributed by atoms with Gasteiger partial charge in [0.15, 0.2) is 0 Å². The molecule has 4 nitrogen and oxygen atoms in total. The number of carbonyl (C=O) groups excluding carboxylic acids is 1. The Bertz CT molecular complexity index is 725. The third-order valence-electron chi connectivity index (χ3n) is 3.94. The van der Waals surface area contributed by atoms with E-state index in [4.69, 9.17) is 0 Å². The van der Waals surface area contributed by atoms with Crippen molar-refractivity contribution in [3.05, 3.63) is 59.9 Å². The number of para-hydroxylation sites is 2. The summed E-state index contributed by atoms with van der Waals surface area (Å²) >= 11 is 0. The number of piperazine rings is 1. The van der Waals surface area contributed by atoms with Crippen LogP contribution in [0, 0.1) is 17.5 Å². The second-order valence-electron chi connectivity index (χ2n) is 5.45. The molecule has 0 aromatic heterocycles. The van der Waals surface area contributed by atoms with E-state index >= 15 is 0 Å². The minimum Gasteiger partial charge on any atom is -0.363 e. The lowest BCUT2D eigenvalue weighted by Crippen LogP contribution is -2.50. The Morgan fingerprint density at radius 1 is 0.833 bits per heavy atom. The maximum absolute atomic E-state index is 13.8. The van der Waals surface area contributed by atoms with Gasteiger partial charge in [-0.2, -0.15) is 0 Å². The van der Waals surface area contributed by atoms with Gasteiger partial charge in [0.05, 0.1) is 5.69 Å². The average molecular weight is 335 g/mol. The van der Waals surface area contributed by atoms with Crippen LogP contribution in [0.1, 0.15) is 0 Å². The molecule has 0 spiro atoms. The number of hydrogen-bond donors (Lipinski definition) is 1. The molecule has 2 aromatic rings. The minimum absolute atomic E-state index is 0.0772.